The SMILES string of the molecule is COC1CCC2CC3N(CC4CC4)CC[C@]45C2C1O[C@H]4C(=O)CC[C@@]35OCCCC1CCCCC1. The monoisotopic (exact) mass is 485 g/mol. The van der Waals surface area contributed by atoms with Crippen molar-refractivity contribution in [3.05, 3.63) is 0 Å². The molecule has 2 aliphatic heterocycles. The van der Waals surface area contributed by atoms with E-state index in [1.165, 1.54) is 77.2 Å². The molecule has 2 heterocycles. The third-order valence-electron chi connectivity index (χ3n) is 11.9. The molecule has 1 spiro atoms. The van der Waals surface area contributed by atoms with Crippen LogP contribution < -0.4 is 0 Å². The quantitative estimate of drug-likeness (QED) is 0.445. The molecule has 35 heavy (non-hydrogen) atoms. The van der Waals surface area contributed by atoms with Gasteiger partial charge in [-0.3, -0.25) is 9.69 Å². The van der Waals surface area contributed by atoms with Crippen LogP contribution in [0.25, 0.3) is 0 Å². The predicted molar refractivity (Wildman–Crippen MR) is 134 cm³/mol. The fourth-order valence-corrected chi connectivity index (χ4v) is 10.3. The number of hydrogen-bond donors (Lipinski definition) is 0. The molecule has 196 valence electrons. The van der Waals surface area contributed by atoms with Gasteiger partial charge in [0.05, 0.1) is 17.8 Å². The van der Waals surface area contributed by atoms with Gasteiger partial charge in [0.1, 0.15) is 6.10 Å². The summed E-state index contributed by atoms with van der Waals surface area (Å²) in [4.78, 5) is 16.3. The first-order chi connectivity index (χ1) is 17.2. The summed E-state index contributed by atoms with van der Waals surface area (Å²) in [7, 11) is 1.84. The van der Waals surface area contributed by atoms with E-state index in [9.17, 15) is 4.79 Å². The van der Waals surface area contributed by atoms with Gasteiger partial charge in [-0.15, -0.1) is 0 Å². The highest BCUT2D eigenvalue weighted by Crippen LogP contribution is 2.70. The van der Waals surface area contributed by atoms with Crippen LogP contribution >= 0.6 is 0 Å². The number of Topliss-reactive ketones (excluding diaryl/α,β-unsaturated/α-hetero) is 1. The van der Waals surface area contributed by atoms with Crippen LogP contribution in [0.2, 0.25) is 0 Å². The Labute approximate surface area is 212 Å². The molecule has 0 N–H and O–H groups in total. The Morgan fingerprint density at radius 2 is 1.89 bits per heavy atom. The number of nitrogens with zero attached hydrogens (tertiary/aromatic N) is 1. The van der Waals surface area contributed by atoms with Crippen LogP contribution in [0.3, 0.4) is 0 Å². The van der Waals surface area contributed by atoms with Gasteiger partial charge in [0.15, 0.2) is 5.78 Å². The van der Waals surface area contributed by atoms with Gasteiger partial charge in [-0.2, -0.15) is 0 Å². The zero-order valence-electron chi connectivity index (χ0n) is 21.9. The number of carbonyl (C=O) groups is 1. The number of carbonyl (C=O) groups excluding carboxylic acids is 1. The second-order valence-corrected chi connectivity index (χ2v) is 13.4. The van der Waals surface area contributed by atoms with Crippen molar-refractivity contribution in [1.29, 1.82) is 0 Å². The van der Waals surface area contributed by atoms with Crippen LogP contribution in [0.5, 0.6) is 0 Å². The van der Waals surface area contributed by atoms with Crippen molar-refractivity contribution in [3.63, 3.8) is 0 Å². The lowest BCUT2D eigenvalue weighted by Crippen LogP contribution is -2.78. The first-order valence-electron chi connectivity index (χ1n) is 15.3. The Morgan fingerprint density at radius 1 is 1.03 bits per heavy atom. The molecular weight excluding hydrogens is 438 g/mol. The number of piperidine rings is 1. The molecule has 5 heteroatoms. The summed E-state index contributed by atoms with van der Waals surface area (Å²) in [6, 6.07) is 0.463. The summed E-state index contributed by atoms with van der Waals surface area (Å²) in [6.07, 6.45) is 18.5. The van der Waals surface area contributed by atoms with Gasteiger partial charge in [-0.25, -0.2) is 0 Å². The lowest BCUT2D eigenvalue weighted by molar-refractivity contribution is -0.272. The largest absolute Gasteiger partial charge is 0.379 e. The van der Waals surface area contributed by atoms with Crippen molar-refractivity contribution in [3.8, 4) is 0 Å². The van der Waals surface area contributed by atoms with Crippen LogP contribution in [0.15, 0.2) is 0 Å². The Kier molecular flexibility index (Phi) is 6.12. The maximum Gasteiger partial charge on any atom is 0.162 e. The maximum absolute atomic E-state index is 13.5. The molecule has 5 aliphatic carbocycles. The van der Waals surface area contributed by atoms with Gasteiger partial charge < -0.3 is 14.2 Å². The molecule has 0 amide bonds. The highest BCUT2D eigenvalue weighted by atomic mass is 16.6. The van der Waals surface area contributed by atoms with E-state index in [1.54, 1.807) is 0 Å². The molecule has 7 aliphatic rings. The van der Waals surface area contributed by atoms with Crippen molar-refractivity contribution in [2.45, 2.75) is 126 Å². The lowest BCUT2D eigenvalue weighted by atomic mass is 9.42. The van der Waals surface area contributed by atoms with E-state index in [0.29, 0.717) is 30.1 Å². The minimum atomic E-state index is -0.270. The van der Waals surface area contributed by atoms with Crippen molar-refractivity contribution < 1.29 is 19.0 Å². The minimum absolute atomic E-state index is 0.0759. The van der Waals surface area contributed by atoms with E-state index in [-0.39, 0.29) is 29.3 Å². The van der Waals surface area contributed by atoms with Gasteiger partial charge >= 0.3 is 0 Å². The molecule has 0 radical (unpaired) electrons. The van der Waals surface area contributed by atoms with Crippen LogP contribution in [0.1, 0.15) is 96.3 Å². The second-order valence-electron chi connectivity index (χ2n) is 13.4. The second kappa shape index (κ2) is 9.06. The number of ether oxygens (including phenoxy) is 3. The number of methoxy groups -OCH3 is 1. The molecule has 0 aromatic rings. The molecule has 5 unspecified atom stereocenters. The molecule has 5 nitrogen and oxygen atoms in total. The topological polar surface area (TPSA) is 48.0 Å². The zero-order chi connectivity index (χ0) is 23.6. The van der Waals surface area contributed by atoms with Gasteiger partial charge in [-0.05, 0) is 82.1 Å². The summed E-state index contributed by atoms with van der Waals surface area (Å²) in [5, 5.41) is 0. The van der Waals surface area contributed by atoms with Crippen molar-refractivity contribution >= 4 is 5.78 Å². The molecule has 8 atom stereocenters. The fourth-order valence-electron chi connectivity index (χ4n) is 10.3. The third kappa shape index (κ3) is 3.57. The number of ketones is 1. The van der Waals surface area contributed by atoms with Crippen LogP contribution in [0, 0.1) is 29.1 Å². The fraction of sp³-hybridized carbons (Fsp3) is 0.967. The molecule has 5 saturated carbocycles. The normalized spacial score (nSPS) is 47.6. The first kappa shape index (κ1) is 23.6. The third-order valence-corrected chi connectivity index (χ3v) is 11.9. The standard InChI is InChI=1S/C30H47NO4/c1-33-24-12-11-22-18-25-30(34-17-5-8-20-6-3-2-4-7-20)14-13-23(32)28-29(30,26(22)27(24)35-28)15-16-31(25)19-21-9-10-21/h20-22,24-28H,2-19H2,1H3/t22?,24?,25?,26?,27?,28-,29-,30+/m0/s1. The van der Waals surface area contributed by atoms with Crippen LogP contribution in [0.4, 0.5) is 0 Å². The van der Waals surface area contributed by atoms with Gasteiger partial charge in [0, 0.05) is 44.1 Å². The molecule has 7 rings (SSSR count). The Balaban J connectivity index is 1.20. The molecule has 2 bridgehead atoms. The molecular formula is C30H47NO4. The highest BCUT2D eigenvalue weighted by molar-refractivity contribution is 5.86. The average Bonchev–Trinajstić information content (AvgIpc) is 3.63. The van der Waals surface area contributed by atoms with Crippen LogP contribution in [-0.4, -0.2) is 67.4 Å². The zero-order valence-corrected chi connectivity index (χ0v) is 21.9. The van der Waals surface area contributed by atoms with E-state index < -0.39 is 0 Å². The molecule has 2 saturated heterocycles. The smallest absolute Gasteiger partial charge is 0.162 e. The van der Waals surface area contributed by atoms with E-state index in [2.05, 4.69) is 4.90 Å². The van der Waals surface area contributed by atoms with E-state index in [4.69, 9.17) is 14.2 Å². The Bertz CT molecular complexity index is 808. The van der Waals surface area contributed by atoms with Crippen molar-refractivity contribution in [2.24, 2.45) is 29.1 Å². The number of rotatable bonds is 8. The predicted octanol–water partition coefficient (Wildman–Crippen LogP) is 5.15. The van der Waals surface area contributed by atoms with E-state index in [0.717, 1.165) is 44.2 Å². The molecule has 7 fully saturated rings. The first-order valence-corrected chi connectivity index (χ1v) is 15.3. The number of likely N-dealkylation sites (tertiary alicyclic amines) is 1. The van der Waals surface area contributed by atoms with Crippen molar-refractivity contribution in [1.82, 2.24) is 4.90 Å². The average molecular weight is 486 g/mol. The highest BCUT2D eigenvalue weighted by Gasteiger charge is 2.78. The summed E-state index contributed by atoms with van der Waals surface area (Å²) in [5.74, 6) is 3.22. The Hall–Kier alpha value is -0.490. The van der Waals surface area contributed by atoms with Crippen molar-refractivity contribution in [2.75, 3.05) is 26.8 Å². The lowest BCUT2D eigenvalue weighted by Gasteiger charge is -2.69. The van der Waals surface area contributed by atoms with Gasteiger partial charge in [0.2, 0.25) is 0 Å². The summed E-state index contributed by atoms with van der Waals surface area (Å²) >= 11 is 0. The molecule has 0 aromatic heterocycles. The van der Waals surface area contributed by atoms with E-state index in [1.807, 2.05) is 7.11 Å². The maximum atomic E-state index is 13.5. The molecule has 0 aromatic carbocycles. The van der Waals surface area contributed by atoms with E-state index >= 15 is 0 Å². The number of hydrogen-bond acceptors (Lipinski definition) is 5. The van der Waals surface area contributed by atoms with Gasteiger partial charge in [-0.1, -0.05) is 32.1 Å². The Morgan fingerprint density at radius 3 is 2.69 bits per heavy atom. The van der Waals surface area contributed by atoms with Gasteiger partial charge in [0.25, 0.3) is 0 Å². The van der Waals surface area contributed by atoms with Crippen LogP contribution in [-0.2, 0) is 19.0 Å². The minimum Gasteiger partial charge on any atom is -0.379 e. The summed E-state index contributed by atoms with van der Waals surface area (Å²) in [5.41, 5.74) is -0.348. The summed E-state index contributed by atoms with van der Waals surface area (Å²) < 4.78 is 20.1. The summed E-state index contributed by atoms with van der Waals surface area (Å²) in [6.45, 7) is 3.23.